The highest BCUT2D eigenvalue weighted by Gasteiger charge is 2.20. The molecule has 0 amide bonds. The predicted molar refractivity (Wildman–Crippen MR) is 256 cm³/mol. The van der Waals surface area contributed by atoms with Crippen molar-refractivity contribution in [3.8, 4) is 11.1 Å². The lowest BCUT2D eigenvalue weighted by atomic mass is 9.84. The molecule has 0 heterocycles. The molecule has 0 spiro atoms. The molecule has 0 atom stereocenters. The highest BCUT2D eigenvalue weighted by atomic mass is 15.1. The fraction of sp³-hybridized carbons (Fsp3) is 0.103. The van der Waals surface area contributed by atoms with Gasteiger partial charge in [-0.15, -0.1) is 0 Å². The van der Waals surface area contributed by atoms with Gasteiger partial charge in [-0.3, -0.25) is 0 Å². The highest BCUT2D eigenvalue weighted by molar-refractivity contribution is 5.91. The lowest BCUT2D eigenvalue weighted by Crippen LogP contribution is -2.11. The molecule has 9 rings (SSSR count). The van der Waals surface area contributed by atoms with Crippen LogP contribution in [0.3, 0.4) is 0 Å². The lowest BCUT2D eigenvalue weighted by Gasteiger charge is -2.28. The van der Waals surface area contributed by atoms with E-state index in [1.54, 1.807) is 0 Å². The van der Waals surface area contributed by atoms with E-state index in [9.17, 15) is 0 Å². The third-order valence-electron chi connectivity index (χ3n) is 11.7. The number of anilines is 3. The van der Waals surface area contributed by atoms with Crippen LogP contribution >= 0.6 is 0 Å². The highest BCUT2D eigenvalue weighted by Crippen LogP contribution is 2.42. The molecule has 0 unspecified atom stereocenters. The molecule has 6 aromatic rings. The predicted octanol–water partition coefficient (Wildman–Crippen LogP) is 16.4. The molecule has 0 aromatic heterocycles. The molecule has 3 aliphatic carbocycles. The summed E-state index contributed by atoms with van der Waals surface area (Å²) in [4.78, 5) is 2.41. The van der Waals surface area contributed by atoms with Crippen LogP contribution < -0.4 is 4.90 Å². The van der Waals surface area contributed by atoms with Gasteiger partial charge in [-0.2, -0.15) is 0 Å². The zero-order valence-corrected chi connectivity index (χ0v) is 33.6. The number of nitrogens with zero attached hydrogens (tertiary/aromatic N) is 1. The van der Waals surface area contributed by atoms with E-state index in [2.05, 4.69) is 218 Å². The first-order valence-corrected chi connectivity index (χ1v) is 21.0. The van der Waals surface area contributed by atoms with Crippen LogP contribution in [0.15, 0.2) is 224 Å². The molecule has 6 aromatic carbocycles. The van der Waals surface area contributed by atoms with Crippen molar-refractivity contribution < 1.29 is 0 Å². The van der Waals surface area contributed by atoms with Crippen LogP contribution in [0.5, 0.6) is 0 Å². The summed E-state index contributed by atoms with van der Waals surface area (Å²) in [5.41, 5.74) is 17.3. The zero-order chi connectivity index (χ0) is 39.8. The van der Waals surface area contributed by atoms with Gasteiger partial charge in [0.2, 0.25) is 0 Å². The van der Waals surface area contributed by atoms with Crippen LogP contribution in [0.2, 0.25) is 0 Å². The molecule has 0 fully saturated rings. The number of allylic oxidation sites excluding steroid dienone is 16. The fourth-order valence-electron chi connectivity index (χ4n) is 8.53. The Morgan fingerprint density at radius 2 is 1.24 bits per heavy atom. The van der Waals surface area contributed by atoms with Crippen molar-refractivity contribution in [2.75, 3.05) is 4.90 Å². The summed E-state index contributed by atoms with van der Waals surface area (Å²) >= 11 is 0. The summed E-state index contributed by atoms with van der Waals surface area (Å²) < 4.78 is 0. The zero-order valence-electron chi connectivity index (χ0n) is 33.6. The van der Waals surface area contributed by atoms with E-state index < -0.39 is 0 Å². The molecular formula is C58H49N. The van der Waals surface area contributed by atoms with Gasteiger partial charge in [-0.05, 0) is 153 Å². The van der Waals surface area contributed by atoms with Crippen molar-refractivity contribution in [3.05, 3.63) is 246 Å². The molecular weight excluding hydrogens is 711 g/mol. The van der Waals surface area contributed by atoms with Gasteiger partial charge >= 0.3 is 0 Å². The molecule has 0 aliphatic heterocycles. The van der Waals surface area contributed by atoms with Crippen LogP contribution in [0.1, 0.15) is 60.8 Å². The van der Waals surface area contributed by atoms with Crippen LogP contribution in [-0.4, -0.2) is 0 Å². The van der Waals surface area contributed by atoms with Gasteiger partial charge in [0.1, 0.15) is 0 Å². The SMILES string of the molecule is C=C/C(=C\C=C\c1ccccc1)c1ccc(N(c2ccc(C3=CCCC=C3)cc2)c2ccc(-c3ccc4ccccc4c3)cc2)cc1C1=CC=C(C2=CC=CCC2)CC1. The molecule has 0 N–H and O–H groups in total. The second-order valence-electron chi connectivity index (χ2n) is 15.5. The number of rotatable bonds is 11. The van der Waals surface area contributed by atoms with E-state index in [0.717, 1.165) is 61.2 Å². The topological polar surface area (TPSA) is 3.24 Å². The summed E-state index contributed by atoms with van der Waals surface area (Å²) in [6, 6.07) is 50.9. The quantitative estimate of drug-likeness (QED) is 0.119. The number of hydrogen-bond donors (Lipinski definition) is 0. The summed E-state index contributed by atoms with van der Waals surface area (Å²) in [7, 11) is 0. The number of benzene rings is 6. The molecule has 59 heavy (non-hydrogen) atoms. The second kappa shape index (κ2) is 17.7. The Morgan fingerprint density at radius 3 is 1.95 bits per heavy atom. The third kappa shape index (κ3) is 8.52. The van der Waals surface area contributed by atoms with E-state index in [0.29, 0.717) is 0 Å². The normalized spacial score (nSPS) is 15.4. The van der Waals surface area contributed by atoms with Gasteiger partial charge in [0, 0.05) is 17.1 Å². The number of hydrogen-bond acceptors (Lipinski definition) is 1. The smallest absolute Gasteiger partial charge is 0.0468 e. The average Bonchev–Trinajstić information content (AvgIpc) is 3.32. The van der Waals surface area contributed by atoms with Gasteiger partial charge in [0.05, 0.1) is 0 Å². The molecule has 0 saturated heterocycles. The van der Waals surface area contributed by atoms with Crippen LogP contribution in [0.25, 0.3) is 44.7 Å². The maximum Gasteiger partial charge on any atom is 0.0468 e. The summed E-state index contributed by atoms with van der Waals surface area (Å²) in [6.07, 6.45) is 33.3. The fourth-order valence-corrected chi connectivity index (χ4v) is 8.53. The van der Waals surface area contributed by atoms with Gasteiger partial charge in [-0.1, -0.05) is 177 Å². The Morgan fingerprint density at radius 1 is 0.542 bits per heavy atom. The molecule has 3 aliphatic rings. The van der Waals surface area contributed by atoms with E-state index in [1.807, 2.05) is 6.08 Å². The Balaban J connectivity index is 1.15. The average molecular weight is 760 g/mol. The monoisotopic (exact) mass is 759 g/mol. The Kier molecular flexibility index (Phi) is 11.3. The first-order chi connectivity index (χ1) is 29.2. The standard InChI is InChI=1S/C58H49N/c1-2-44(24-14-17-43-15-6-3-7-16-43)57-40-39-56(42-58(57)51-28-25-48(26-29-51)45-18-8-4-9-19-45)59(54-35-31-49(32-36-54)46-20-10-5-11-21-46)55-37-33-50(34-38-55)53-30-27-47-22-12-13-23-52(47)41-53/h2-4,6-8,10,12-18,20-25,27-28,30-42H,1,5,9,11,19,26,29H2/b17-14+,44-24+. The van der Waals surface area contributed by atoms with Gasteiger partial charge in [-0.25, -0.2) is 0 Å². The molecule has 0 saturated carbocycles. The van der Waals surface area contributed by atoms with E-state index in [-0.39, 0.29) is 0 Å². The minimum atomic E-state index is 0.978. The maximum atomic E-state index is 4.30. The Bertz CT molecular complexity index is 2740. The van der Waals surface area contributed by atoms with Crippen molar-refractivity contribution in [1.82, 2.24) is 0 Å². The van der Waals surface area contributed by atoms with Crippen molar-refractivity contribution in [1.29, 1.82) is 0 Å². The Hall–Kier alpha value is -6.96. The molecule has 0 bridgehead atoms. The van der Waals surface area contributed by atoms with Crippen molar-refractivity contribution in [2.24, 2.45) is 0 Å². The lowest BCUT2D eigenvalue weighted by molar-refractivity contribution is 0.905. The van der Waals surface area contributed by atoms with E-state index in [4.69, 9.17) is 0 Å². The first kappa shape index (κ1) is 37.6. The van der Waals surface area contributed by atoms with E-state index in [1.165, 1.54) is 66.4 Å². The van der Waals surface area contributed by atoms with Gasteiger partial charge < -0.3 is 4.90 Å². The summed E-state index contributed by atoms with van der Waals surface area (Å²) in [6.45, 7) is 4.30. The van der Waals surface area contributed by atoms with Crippen LogP contribution in [-0.2, 0) is 0 Å². The van der Waals surface area contributed by atoms with E-state index >= 15 is 0 Å². The first-order valence-electron chi connectivity index (χ1n) is 21.0. The minimum absolute atomic E-state index is 0.978. The van der Waals surface area contributed by atoms with Crippen LogP contribution in [0, 0.1) is 0 Å². The largest absolute Gasteiger partial charge is 0.310 e. The maximum absolute atomic E-state index is 4.30. The third-order valence-corrected chi connectivity index (χ3v) is 11.7. The second-order valence-corrected chi connectivity index (χ2v) is 15.5. The van der Waals surface area contributed by atoms with Crippen molar-refractivity contribution in [3.63, 3.8) is 0 Å². The minimum Gasteiger partial charge on any atom is -0.310 e. The summed E-state index contributed by atoms with van der Waals surface area (Å²) in [5.74, 6) is 0. The van der Waals surface area contributed by atoms with Crippen molar-refractivity contribution in [2.45, 2.75) is 38.5 Å². The van der Waals surface area contributed by atoms with Gasteiger partial charge in [0.15, 0.2) is 0 Å². The van der Waals surface area contributed by atoms with Crippen LogP contribution in [0.4, 0.5) is 17.1 Å². The molecule has 1 nitrogen and oxygen atoms in total. The van der Waals surface area contributed by atoms with Crippen molar-refractivity contribution >= 4 is 50.6 Å². The van der Waals surface area contributed by atoms with Gasteiger partial charge in [0.25, 0.3) is 0 Å². The summed E-state index contributed by atoms with van der Waals surface area (Å²) in [5, 5.41) is 2.51. The number of fused-ring (bicyclic) bond motifs is 1. The molecule has 1 heteroatoms. The molecule has 286 valence electrons. The molecule has 0 radical (unpaired) electrons. The Labute approximate surface area is 350 Å².